The third-order valence-electron chi connectivity index (χ3n) is 3.55. The summed E-state index contributed by atoms with van der Waals surface area (Å²) in [5.41, 5.74) is 3.53. The molecule has 0 unspecified atom stereocenters. The fourth-order valence-electron chi connectivity index (χ4n) is 2.48. The molecule has 0 aliphatic heterocycles. The zero-order chi connectivity index (χ0) is 14.7. The first-order valence-corrected chi connectivity index (χ1v) is 7.97. The Morgan fingerprint density at radius 2 is 1.86 bits per heavy atom. The van der Waals surface area contributed by atoms with Gasteiger partial charge in [0.15, 0.2) is 0 Å². The van der Waals surface area contributed by atoms with Gasteiger partial charge < -0.3 is 5.32 Å². The predicted octanol–water partition coefficient (Wildman–Crippen LogP) is 3.96. The fourth-order valence-corrected chi connectivity index (χ4v) is 2.89. The van der Waals surface area contributed by atoms with Gasteiger partial charge in [-0.3, -0.25) is 4.68 Å². The lowest BCUT2D eigenvalue weighted by Crippen LogP contribution is -2.13. The van der Waals surface area contributed by atoms with Gasteiger partial charge in [-0.1, -0.05) is 59.3 Å². The Balaban J connectivity index is 2.00. The molecule has 0 aliphatic rings. The summed E-state index contributed by atoms with van der Waals surface area (Å²) >= 11 is 3.61. The van der Waals surface area contributed by atoms with Gasteiger partial charge in [-0.05, 0) is 24.2 Å². The van der Waals surface area contributed by atoms with Crippen LogP contribution >= 0.6 is 15.9 Å². The quantitative estimate of drug-likeness (QED) is 0.759. The van der Waals surface area contributed by atoms with Crippen molar-refractivity contribution in [1.29, 1.82) is 0 Å². The Morgan fingerprint density at radius 1 is 1.10 bits per heavy atom. The molecular formula is C17H18BrN3. The van der Waals surface area contributed by atoms with Gasteiger partial charge in [0.25, 0.3) is 0 Å². The van der Waals surface area contributed by atoms with E-state index < -0.39 is 0 Å². The van der Waals surface area contributed by atoms with Crippen molar-refractivity contribution in [2.24, 2.45) is 0 Å². The van der Waals surface area contributed by atoms with Crippen LogP contribution in [0.5, 0.6) is 0 Å². The number of nitrogens with zero attached hydrogens (tertiary/aromatic N) is 2. The van der Waals surface area contributed by atoms with Crippen LogP contribution in [0.2, 0.25) is 0 Å². The van der Waals surface area contributed by atoms with Gasteiger partial charge in [-0.25, -0.2) is 0 Å². The van der Waals surface area contributed by atoms with Crippen molar-refractivity contribution in [1.82, 2.24) is 15.1 Å². The molecule has 0 atom stereocenters. The number of hydrogen-bond donors (Lipinski definition) is 1. The van der Waals surface area contributed by atoms with Crippen molar-refractivity contribution in [2.45, 2.75) is 20.0 Å². The van der Waals surface area contributed by atoms with Crippen LogP contribution in [-0.2, 0) is 13.1 Å². The van der Waals surface area contributed by atoms with Gasteiger partial charge in [0.2, 0.25) is 0 Å². The molecule has 0 saturated carbocycles. The smallest absolute Gasteiger partial charge is 0.0841 e. The van der Waals surface area contributed by atoms with E-state index in [0.29, 0.717) is 0 Å². The Kier molecular flexibility index (Phi) is 4.36. The van der Waals surface area contributed by atoms with E-state index >= 15 is 0 Å². The lowest BCUT2D eigenvalue weighted by Gasteiger charge is -2.06. The average molecular weight is 344 g/mol. The summed E-state index contributed by atoms with van der Waals surface area (Å²) in [5, 5.41) is 9.38. The molecule has 4 heteroatoms. The zero-order valence-electron chi connectivity index (χ0n) is 12.0. The molecule has 0 aliphatic carbocycles. The standard InChI is InChI=1S/C17H18BrN3/c1-2-19-11-16-14-8-4-6-10-17(14)21(20-16)12-13-7-3-5-9-15(13)18/h3-10,19H,2,11-12H2,1H3. The molecule has 0 bridgehead atoms. The number of rotatable bonds is 5. The number of nitrogens with one attached hydrogen (secondary N) is 1. The molecule has 0 amide bonds. The summed E-state index contributed by atoms with van der Waals surface area (Å²) in [7, 11) is 0. The lowest BCUT2D eigenvalue weighted by molar-refractivity contribution is 0.656. The molecule has 3 nitrogen and oxygen atoms in total. The summed E-state index contributed by atoms with van der Waals surface area (Å²) < 4.78 is 3.21. The van der Waals surface area contributed by atoms with Crippen LogP contribution in [-0.4, -0.2) is 16.3 Å². The van der Waals surface area contributed by atoms with E-state index in [1.54, 1.807) is 0 Å². The Morgan fingerprint density at radius 3 is 2.67 bits per heavy atom. The van der Waals surface area contributed by atoms with Gasteiger partial charge in [0.05, 0.1) is 17.8 Å². The van der Waals surface area contributed by atoms with E-state index in [-0.39, 0.29) is 0 Å². The third-order valence-corrected chi connectivity index (χ3v) is 4.33. The molecule has 2 aromatic carbocycles. The van der Waals surface area contributed by atoms with Crippen molar-refractivity contribution < 1.29 is 0 Å². The molecule has 0 spiro atoms. The molecule has 1 heterocycles. The second kappa shape index (κ2) is 6.41. The maximum atomic E-state index is 4.80. The van der Waals surface area contributed by atoms with Crippen molar-refractivity contribution in [3.05, 3.63) is 64.3 Å². The van der Waals surface area contributed by atoms with E-state index in [4.69, 9.17) is 5.10 Å². The summed E-state index contributed by atoms with van der Waals surface area (Å²) in [6.07, 6.45) is 0. The van der Waals surface area contributed by atoms with Gasteiger partial charge in [0.1, 0.15) is 0 Å². The maximum absolute atomic E-state index is 4.80. The topological polar surface area (TPSA) is 29.9 Å². The highest BCUT2D eigenvalue weighted by atomic mass is 79.9. The summed E-state index contributed by atoms with van der Waals surface area (Å²) in [6.45, 7) is 4.64. The molecule has 108 valence electrons. The van der Waals surface area contributed by atoms with Crippen molar-refractivity contribution in [3.63, 3.8) is 0 Å². The van der Waals surface area contributed by atoms with Crippen LogP contribution in [0.25, 0.3) is 10.9 Å². The molecule has 3 aromatic rings. The Bertz CT molecular complexity index is 749. The SMILES string of the molecule is CCNCc1nn(Cc2ccccc2Br)c2ccccc12. The maximum Gasteiger partial charge on any atom is 0.0841 e. The van der Waals surface area contributed by atoms with Crippen LogP contribution < -0.4 is 5.32 Å². The number of para-hydroxylation sites is 1. The lowest BCUT2D eigenvalue weighted by atomic mass is 10.2. The molecule has 1 aromatic heterocycles. The van der Waals surface area contributed by atoms with Crippen molar-refractivity contribution in [3.8, 4) is 0 Å². The molecule has 1 N–H and O–H groups in total. The van der Waals surface area contributed by atoms with Crippen LogP contribution in [0.1, 0.15) is 18.2 Å². The highest BCUT2D eigenvalue weighted by Gasteiger charge is 2.10. The minimum absolute atomic E-state index is 0.772. The minimum Gasteiger partial charge on any atom is -0.311 e. The third kappa shape index (κ3) is 3.01. The van der Waals surface area contributed by atoms with Crippen LogP contribution in [0.15, 0.2) is 53.0 Å². The van der Waals surface area contributed by atoms with Gasteiger partial charge >= 0.3 is 0 Å². The molecular weight excluding hydrogens is 326 g/mol. The Hall–Kier alpha value is -1.65. The second-order valence-corrected chi connectivity index (χ2v) is 5.85. The average Bonchev–Trinajstić information content (AvgIpc) is 2.86. The molecule has 3 rings (SSSR count). The van der Waals surface area contributed by atoms with E-state index in [2.05, 4.69) is 75.3 Å². The first-order chi connectivity index (χ1) is 10.3. The monoisotopic (exact) mass is 343 g/mol. The molecule has 0 saturated heterocycles. The summed E-state index contributed by atoms with van der Waals surface area (Å²) in [4.78, 5) is 0. The minimum atomic E-state index is 0.772. The second-order valence-electron chi connectivity index (χ2n) is 4.99. The van der Waals surface area contributed by atoms with Gasteiger partial charge in [-0.2, -0.15) is 5.10 Å². The number of fused-ring (bicyclic) bond motifs is 1. The normalized spacial score (nSPS) is 11.1. The van der Waals surface area contributed by atoms with E-state index in [1.807, 2.05) is 6.07 Å². The number of aromatic nitrogens is 2. The number of halogens is 1. The highest BCUT2D eigenvalue weighted by Crippen LogP contribution is 2.22. The van der Waals surface area contributed by atoms with Gasteiger partial charge in [0, 0.05) is 16.4 Å². The number of hydrogen-bond acceptors (Lipinski definition) is 2. The predicted molar refractivity (Wildman–Crippen MR) is 90.4 cm³/mol. The van der Waals surface area contributed by atoms with E-state index in [1.165, 1.54) is 16.5 Å². The number of benzene rings is 2. The van der Waals surface area contributed by atoms with E-state index in [0.717, 1.165) is 29.8 Å². The molecule has 21 heavy (non-hydrogen) atoms. The van der Waals surface area contributed by atoms with Crippen LogP contribution in [0.3, 0.4) is 0 Å². The molecule has 0 radical (unpaired) electrons. The van der Waals surface area contributed by atoms with Crippen LogP contribution in [0, 0.1) is 0 Å². The zero-order valence-corrected chi connectivity index (χ0v) is 13.6. The summed E-state index contributed by atoms with van der Waals surface area (Å²) in [5.74, 6) is 0. The summed E-state index contributed by atoms with van der Waals surface area (Å²) in [6, 6.07) is 16.7. The van der Waals surface area contributed by atoms with Crippen LogP contribution in [0.4, 0.5) is 0 Å². The molecule has 0 fully saturated rings. The first kappa shape index (κ1) is 14.3. The highest BCUT2D eigenvalue weighted by molar-refractivity contribution is 9.10. The van der Waals surface area contributed by atoms with Crippen molar-refractivity contribution in [2.75, 3.05) is 6.54 Å². The van der Waals surface area contributed by atoms with Gasteiger partial charge in [-0.15, -0.1) is 0 Å². The Labute approximate surface area is 133 Å². The first-order valence-electron chi connectivity index (χ1n) is 7.18. The fraction of sp³-hybridized carbons (Fsp3) is 0.235. The van der Waals surface area contributed by atoms with E-state index in [9.17, 15) is 0 Å². The van der Waals surface area contributed by atoms with Crippen molar-refractivity contribution >= 4 is 26.8 Å². The largest absolute Gasteiger partial charge is 0.311 e.